The lowest BCUT2D eigenvalue weighted by Crippen LogP contribution is -2.35. The van der Waals surface area contributed by atoms with E-state index in [-0.39, 0.29) is 23.6 Å². The fourth-order valence-electron chi connectivity index (χ4n) is 4.95. The number of nitrogens with zero attached hydrogens (tertiary/aromatic N) is 1. The van der Waals surface area contributed by atoms with Crippen LogP contribution in [0.25, 0.3) is 0 Å². The number of carbonyl (C=O) groups is 1. The second kappa shape index (κ2) is 9.32. The normalized spacial score (nSPS) is 16.7. The number of benzene rings is 4. The molecule has 0 saturated heterocycles. The van der Waals surface area contributed by atoms with Gasteiger partial charge in [-0.1, -0.05) is 97.1 Å². The lowest BCUT2D eigenvalue weighted by Gasteiger charge is -2.26. The lowest BCUT2D eigenvalue weighted by molar-refractivity contribution is -0.384. The number of nitrogens with one attached hydrogen (secondary N) is 1. The van der Waals surface area contributed by atoms with Crippen LogP contribution in [0.2, 0.25) is 0 Å². The fraction of sp³-hybridized carbons (Fsp3) is 0.138. The zero-order chi connectivity index (χ0) is 23.5. The zero-order valence-electron chi connectivity index (χ0n) is 18.5. The number of nitro groups is 1. The van der Waals surface area contributed by atoms with Gasteiger partial charge >= 0.3 is 0 Å². The summed E-state index contributed by atoms with van der Waals surface area (Å²) >= 11 is 0. The first-order valence-corrected chi connectivity index (χ1v) is 11.3. The minimum absolute atomic E-state index is 0.00523. The van der Waals surface area contributed by atoms with Gasteiger partial charge in [0, 0.05) is 18.1 Å². The Balaban J connectivity index is 1.50. The van der Waals surface area contributed by atoms with Crippen molar-refractivity contribution in [1.82, 2.24) is 5.32 Å². The first-order chi connectivity index (χ1) is 16.6. The molecule has 0 spiro atoms. The molecule has 0 radical (unpaired) electrons. The van der Waals surface area contributed by atoms with Crippen LogP contribution in [0, 0.1) is 10.1 Å². The molecule has 5 heteroatoms. The lowest BCUT2D eigenvalue weighted by atomic mass is 9.88. The maximum absolute atomic E-state index is 13.8. The average molecular weight is 449 g/mol. The molecule has 0 aliphatic heterocycles. The molecule has 1 amide bonds. The van der Waals surface area contributed by atoms with E-state index in [1.165, 1.54) is 17.7 Å². The summed E-state index contributed by atoms with van der Waals surface area (Å²) in [6.07, 6.45) is 0.764. The third kappa shape index (κ3) is 4.20. The summed E-state index contributed by atoms with van der Waals surface area (Å²) in [5.74, 6) is -0.506. The highest BCUT2D eigenvalue weighted by Gasteiger charge is 2.36. The summed E-state index contributed by atoms with van der Waals surface area (Å²) < 4.78 is 0. The Kier molecular flexibility index (Phi) is 5.91. The van der Waals surface area contributed by atoms with Crippen LogP contribution in [0.15, 0.2) is 109 Å². The average Bonchev–Trinajstić information content (AvgIpc) is 3.24. The predicted octanol–water partition coefficient (Wildman–Crippen LogP) is 5.92. The Morgan fingerprint density at radius 2 is 1.35 bits per heavy atom. The van der Waals surface area contributed by atoms with Gasteiger partial charge in [0.05, 0.1) is 16.9 Å². The predicted molar refractivity (Wildman–Crippen MR) is 132 cm³/mol. The molecule has 0 fully saturated rings. The molecule has 1 N–H and O–H groups in total. The Bertz CT molecular complexity index is 1260. The van der Waals surface area contributed by atoms with Crippen LogP contribution < -0.4 is 5.32 Å². The second-order valence-corrected chi connectivity index (χ2v) is 8.60. The molecule has 0 heterocycles. The number of rotatable bonds is 6. The van der Waals surface area contributed by atoms with Crippen molar-refractivity contribution in [3.8, 4) is 0 Å². The Labute approximate surface area is 198 Å². The van der Waals surface area contributed by atoms with Crippen molar-refractivity contribution in [2.24, 2.45) is 0 Å². The summed E-state index contributed by atoms with van der Waals surface area (Å²) in [7, 11) is 0. The van der Waals surface area contributed by atoms with Gasteiger partial charge in [-0.3, -0.25) is 14.9 Å². The van der Waals surface area contributed by atoms with Crippen molar-refractivity contribution in [1.29, 1.82) is 0 Å². The molecule has 168 valence electrons. The van der Waals surface area contributed by atoms with E-state index in [2.05, 4.69) is 17.4 Å². The number of amides is 1. The molecule has 1 aliphatic carbocycles. The third-order valence-electron chi connectivity index (χ3n) is 6.59. The second-order valence-electron chi connectivity index (χ2n) is 8.60. The van der Waals surface area contributed by atoms with Crippen molar-refractivity contribution in [2.75, 3.05) is 0 Å². The maximum atomic E-state index is 13.8. The minimum atomic E-state index is -0.437. The molecule has 4 aromatic carbocycles. The highest BCUT2D eigenvalue weighted by atomic mass is 16.6. The molecular weight excluding hydrogens is 424 g/mol. The first kappa shape index (κ1) is 21.6. The SMILES string of the molecule is O=C(N[C@@H]1c2ccccc2C[C@H]1c1ccc([N+](=O)[O-])cc1)C(c1ccccc1)c1ccccc1. The minimum Gasteiger partial charge on any atom is -0.348 e. The van der Waals surface area contributed by atoms with Crippen LogP contribution >= 0.6 is 0 Å². The highest BCUT2D eigenvalue weighted by Crippen LogP contribution is 2.43. The summed E-state index contributed by atoms with van der Waals surface area (Å²) in [6.45, 7) is 0. The number of fused-ring (bicyclic) bond motifs is 1. The van der Waals surface area contributed by atoms with Crippen LogP contribution in [-0.4, -0.2) is 10.8 Å². The summed E-state index contributed by atoms with van der Waals surface area (Å²) in [4.78, 5) is 24.6. The Hall–Kier alpha value is -4.25. The summed E-state index contributed by atoms with van der Waals surface area (Å²) in [5.41, 5.74) is 5.19. The van der Waals surface area contributed by atoms with E-state index >= 15 is 0 Å². The summed E-state index contributed by atoms with van der Waals surface area (Å²) in [5, 5.41) is 14.5. The molecular formula is C29H24N2O3. The van der Waals surface area contributed by atoms with Gasteiger partial charge in [-0.05, 0) is 34.2 Å². The molecule has 4 aromatic rings. The van der Waals surface area contributed by atoms with E-state index < -0.39 is 10.8 Å². The number of nitro benzene ring substituents is 1. The van der Waals surface area contributed by atoms with Crippen LogP contribution in [0.4, 0.5) is 5.69 Å². The molecule has 0 unspecified atom stereocenters. The van der Waals surface area contributed by atoms with Gasteiger partial charge in [0.25, 0.3) is 5.69 Å². The van der Waals surface area contributed by atoms with E-state index in [9.17, 15) is 14.9 Å². The van der Waals surface area contributed by atoms with E-state index in [0.717, 1.165) is 28.7 Å². The largest absolute Gasteiger partial charge is 0.348 e. The van der Waals surface area contributed by atoms with Crippen LogP contribution in [0.1, 0.15) is 45.7 Å². The van der Waals surface area contributed by atoms with Crippen molar-refractivity contribution < 1.29 is 9.72 Å². The maximum Gasteiger partial charge on any atom is 0.269 e. The van der Waals surface area contributed by atoms with Gasteiger partial charge in [0.1, 0.15) is 0 Å². The smallest absolute Gasteiger partial charge is 0.269 e. The standard InChI is InChI=1S/C29H24N2O3/c32-29(27(21-9-3-1-4-10-21)22-11-5-2-6-12-22)30-28-25-14-8-7-13-23(25)19-26(28)20-15-17-24(18-16-20)31(33)34/h1-18,26-28H,19H2,(H,30,32)/t26-,28+/m0/s1. The number of non-ortho nitro benzene ring substituents is 1. The topological polar surface area (TPSA) is 72.2 Å². The Morgan fingerprint density at radius 1 is 0.794 bits per heavy atom. The number of carbonyl (C=O) groups excluding carboxylic acids is 1. The monoisotopic (exact) mass is 448 g/mol. The quantitative estimate of drug-likeness (QED) is 0.294. The molecule has 5 nitrogen and oxygen atoms in total. The van der Waals surface area contributed by atoms with E-state index in [1.807, 2.05) is 72.8 Å². The van der Waals surface area contributed by atoms with Crippen molar-refractivity contribution in [3.63, 3.8) is 0 Å². The number of hydrogen-bond donors (Lipinski definition) is 1. The van der Waals surface area contributed by atoms with Crippen molar-refractivity contribution in [2.45, 2.75) is 24.3 Å². The van der Waals surface area contributed by atoms with Gasteiger partial charge in [-0.15, -0.1) is 0 Å². The van der Waals surface area contributed by atoms with Gasteiger partial charge in [0.2, 0.25) is 5.91 Å². The van der Waals surface area contributed by atoms with E-state index in [1.54, 1.807) is 12.1 Å². The van der Waals surface area contributed by atoms with Gasteiger partial charge < -0.3 is 5.32 Å². The van der Waals surface area contributed by atoms with Crippen molar-refractivity contribution >= 4 is 11.6 Å². The summed E-state index contributed by atoms with van der Waals surface area (Å²) in [6, 6.07) is 34.2. The molecule has 1 aliphatic rings. The molecule has 0 aromatic heterocycles. The van der Waals surface area contributed by atoms with Crippen LogP contribution in [-0.2, 0) is 11.2 Å². The zero-order valence-corrected chi connectivity index (χ0v) is 18.5. The van der Waals surface area contributed by atoms with Gasteiger partial charge in [-0.25, -0.2) is 0 Å². The van der Waals surface area contributed by atoms with Crippen LogP contribution in [0.5, 0.6) is 0 Å². The molecule has 2 atom stereocenters. The molecule has 0 bridgehead atoms. The third-order valence-corrected chi connectivity index (χ3v) is 6.59. The van der Waals surface area contributed by atoms with Crippen molar-refractivity contribution in [3.05, 3.63) is 147 Å². The van der Waals surface area contributed by atoms with Gasteiger partial charge in [-0.2, -0.15) is 0 Å². The first-order valence-electron chi connectivity index (χ1n) is 11.3. The highest BCUT2D eigenvalue weighted by molar-refractivity contribution is 5.87. The number of hydrogen-bond acceptors (Lipinski definition) is 3. The fourth-order valence-corrected chi connectivity index (χ4v) is 4.95. The Morgan fingerprint density at radius 3 is 1.94 bits per heavy atom. The molecule has 0 saturated carbocycles. The van der Waals surface area contributed by atoms with E-state index in [4.69, 9.17) is 0 Å². The van der Waals surface area contributed by atoms with E-state index in [0.29, 0.717) is 0 Å². The van der Waals surface area contributed by atoms with Gasteiger partial charge in [0.15, 0.2) is 0 Å². The molecule has 34 heavy (non-hydrogen) atoms. The molecule has 5 rings (SSSR count). The van der Waals surface area contributed by atoms with Crippen LogP contribution in [0.3, 0.4) is 0 Å².